The molecule has 0 spiro atoms. The number of hydrogen-bond donors (Lipinski definition) is 2. The first-order chi connectivity index (χ1) is 7.90. The van der Waals surface area contributed by atoms with Gasteiger partial charge in [-0.2, -0.15) is 0 Å². The first-order valence-electron chi connectivity index (χ1n) is 6.06. The molecule has 0 fully saturated rings. The summed E-state index contributed by atoms with van der Waals surface area (Å²) in [6.45, 7) is 4.81. The number of aromatic hydroxyl groups is 1. The fraction of sp³-hybridized carbons (Fsp3) is 0.571. The van der Waals surface area contributed by atoms with E-state index in [0.717, 1.165) is 12.1 Å². The van der Waals surface area contributed by atoms with E-state index in [1.54, 1.807) is 18.2 Å². The van der Waals surface area contributed by atoms with E-state index in [4.69, 9.17) is 0 Å². The predicted molar refractivity (Wildman–Crippen MR) is 70.0 cm³/mol. The van der Waals surface area contributed by atoms with Gasteiger partial charge in [0.1, 0.15) is 5.75 Å². The fourth-order valence-electron chi connectivity index (χ4n) is 2.31. The van der Waals surface area contributed by atoms with Crippen LogP contribution < -0.4 is 0 Å². The average Bonchev–Trinajstić information content (AvgIpc) is 2.27. The molecule has 18 heavy (non-hydrogen) atoms. The van der Waals surface area contributed by atoms with E-state index in [-0.39, 0.29) is 32.7 Å². The van der Waals surface area contributed by atoms with Gasteiger partial charge in [-0.15, -0.1) is 0 Å². The number of hydrogen-bond acceptors (Lipinski definition) is 3. The number of phenols is 1. The maximum absolute atomic E-state index is 10.8. The van der Waals surface area contributed by atoms with Crippen molar-refractivity contribution in [2.24, 2.45) is 5.92 Å². The minimum atomic E-state index is -0.886. The van der Waals surface area contributed by atoms with E-state index < -0.39 is 5.60 Å². The van der Waals surface area contributed by atoms with Crippen LogP contribution in [0.15, 0.2) is 24.3 Å². The second-order valence-electron chi connectivity index (χ2n) is 4.99. The summed E-state index contributed by atoms with van der Waals surface area (Å²) >= 11 is 0. The van der Waals surface area contributed by atoms with Crippen molar-refractivity contribution in [2.75, 3.05) is 20.6 Å². The molecule has 1 aromatic carbocycles. The van der Waals surface area contributed by atoms with E-state index in [0.29, 0.717) is 6.42 Å². The molecule has 0 radical (unpaired) electrons. The van der Waals surface area contributed by atoms with Crippen LogP contribution in [0.3, 0.4) is 0 Å². The van der Waals surface area contributed by atoms with Gasteiger partial charge in [0, 0.05) is 33.5 Å². The van der Waals surface area contributed by atoms with E-state index in [9.17, 15) is 10.2 Å². The summed E-state index contributed by atoms with van der Waals surface area (Å²) in [6, 6.07) is 6.91. The molecule has 2 N–H and O–H groups in total. The molecule has 0 saturated carbocycles. The maximum Gasteiger partial charge on any atom is 0.115 e. The summed E-state index contributed by atoms with van der Waals surface area (Å²) < 4.78 is 0. The quantitative estimate of drug-likeness (QED) is 0.767. The zero-order valence-corrected chi connectivity index (χ0v) is 14.5. The van der Waals surface area contributed by atoms with E-state index in [1.807, 2.05) is 34.0 Å². The van der Waals surface area contributed by atoms with Gasteiger partial charge in [0.2, 0.25) is 0 Å². The van der Waals surface area contributed by atoms with Crippen LogP contribution in [0.4, 0.5) is 0 Å². The standard InChI is InChI=1S/C14H23NO2.W/c1-5-14(17,11(2)10-15(3)4)12-7-6-8-13(16)9-12;/h6-9,11,16-17H,5,10H2,1-4H3;. The Hall–Kier alpha value is -0.372. The third-order valence-corrected chi connectivity index (χ3v) is 3.34. The van der Waals surface area contributed by atoms with Crippen LogP contribution in [0.5, 0.6) is 5.75 Å². The minimum absolute atomic E-state index is 0. The third kappa shape index (κ3) is 4.08. The van der Waals surface area contributed by atoms with Crippen molar-refractivity contribution in [3.63, 3.8) is 0 Å². The number of benzene rings is 1. The van der Waals surface area contributed by atoms with Crippen LogP contribution >= 0.6 is 0 Å². The molecule has 0 aliphatic rings. The fourth-order valence-corrected chi connectivity index (χ4v) is 2.31. The van der Waals surface area contributed by atoms with Gasteiger partial charge < -0.3 is 15.1 Å². The molecule has 4 heteroatoms. The molecule has 0 aromatic heterocycles. The van der Waals surface area contributed by atoms with Gasteiger partial charge in [-0.25, -0.2) is 0 Å². The molecule has 2 unspecified atom stereocenters. The van der Waals surface area contributed by atoms with Gasteiger partial charge >= 0.3 is 0 Å². The van der Waals surface area contributed by atoms with E-state index in [2.05, 4.69) is 4.90 Å². The summed E-state index contributed by atoms with van der Waals surface area (Å²) in [6.07, 6.45) is 0.630. The van der Waals surface area contributed by atoms with Crippen LogP contribution in [-0.2, 0) is 26.7 Å². The summed E-state index contributed by atoms with van der Waals surface area (Å²) in [5.41, 5.74) is -0.0995. The Labute approximate surface area is 124 Å². The van der Waals surface area contributed by atoms with Crippen molar-refractivity contribution in [3.8, 4) is 5.75 Å². The molecular weight excluding hydrogens is 398 g/mol. The first kappa shape index (κ1) is 17.6. The van der Waals surface area contributed by atoms with E-state index >= 15 is 0 Å². The Bertz CT molecular complexity index is 371. The Balaban J connectivity index is 0.00000289. The number of nitrogens with zero attached hydrogens (tertiary/aromatic N) is 1. The molecule has 0 saturated heterocycles. The van der Waals surface area contributed by atoms with Crippen LogP contribution in [0, 0.1) is 5.92 Å². The molecule has 0 bridgehead atoms. The maximum atomic E-state index is 10.8. The van der Waals surface area contributed by atoms with Gasteiger partial charge in [-0.1, -0.05) is 26.0 Å². The SMILES string of the molecule is CCC(O)(c1cccc(O)c1)C(C)CN(C)C.[W]. The summed E-state index contributed by atoms with van der Waals surface area (Å²) in [5, 5.41) is 20.3. The number of aliphatic hydroxyl groups is 1. The number of phenolic OH excluding ortho intramolecular Hbond substituents is 1. The molecule has 0 heterocycles. The van der Waals surface area contributed by atoms with Crippen molar-refractivity contribution in [2.45, 2.75) is 25.9 Å². The largest absolute Gasteiger partial charge is 0.508 e. The molecule has 1 aromatic rings. The summed E-state index contributed by atoms with van der Waals surface area (Å²) in [4.78, 5) is 2.06. The smallest absolute Gasteiger partial charge is 0.115 e. The average molecular weight is 421 g/mol. The van der Waals surface area contributed by atoms with Crippen LogP contribution in [-0.4, -0.2) is 35.8 Å². The van der Waals surface area contributed by atoms with Crippen molar-refractivity contribution in [1.29, 1.82) is 0 Å². The van der Waals surface area contributed by atoms with Gasteiger partial charge in [0.15, 0.2) is 0 Å². The topological polar surface area (TPSA) is 43.7 Å². The van der Waals surface area contributed by atoms with Crippen LogP contribution in [0.2, 0.25) is 0 Å². The van der Waals surface area contributed by atoms with Gasteiger partial charge in [0.05, 0.1) is 5.60 Å². The van der Waals surface area contributed by atoms with Gasteiger partial charge in [-0.05, 0) is 38.2 Å². The van der Waals surface area contributed by atoms with Crippen LogP contribution in [0.1, 0.15) is 25.8 Å². The summed E-state index contributed by atoms with van der Waals surface area (Å²) in [7, 11) is 3.99. The zero-order valence-electron chi connectivity index (χ0n) is 11.6. The monoisotopic (exact) mass is 421 g/mol. The molecule has 0 aliphatic heterocycles. The molecule has 0 aliphatic carbocycles. The normalized spacial score (nSPS) is 15.9. The van der Waals surface area contributed by atoms with Gasteiger partial charge in [0.25, 0.3) is 0 Å². The molecule has 102 valence electrons. The van der Waals surface area contributed by atoms with Crippen molar-refractivity contribution >= 4 is 0 Å². The predicted octanol–water partition coefficient (Wildman–Crippen LogP) is 2.19. The molecule has 1 rings (SSSR count). The number of rotatable bonds is 5. The van der Waals surface area contributed by atoms with Crippen molar-refractivity contribution < 1.29 is 31.3 Å². The Morgan fingerprint density at radius 1 is 1.33 bits per heavy atom. The van der Waals surface area contributed by atoms with Crippen molar-refractivity contribution in [3.05, 3.63) is 29.8 Å². The molecule has 3 nitrogen and oxygen atoms in total. The van der Waals surface area contributed by atoms with Crippen molar-refractivity contribution in [1.82, 2.24) is 4.90 Å². The second-order valence-corrected chi connectivity index (χ2v) is 4.99. The Morgan fingerprint density at radius 3 is 2.39 bits per heavy atom. The third-order valence-electron chi connectivity index (χ3n) is 3.34. The second kappa shape index (κ2) is 7.27. The van der Waals surface area contributed by atoms with Crippen LogP contribution in [0.25, 0.3) is 0 Å². The van der Waals surface area contributed by atoms with E-state index in [1.165, 1.54) is 0 Å². The molecule has 0 amide bonds. The molecule has 2 atom stereocenters. The Kier molecular flexibility index (Phi) is 7.12. The molecular formula is C14H23NO2W. The zero-order chi connectivity index (χ0) is 13.1. The first-order valence-corrected chi connectivity index (χ1v) is 6.06. The Morgan fingerprint density at radius 2 is 1.94 bits per heavy atom. The van der Waals surface area contributed by atoms with Gasteiger partial charge in [-0.3, -0.25) is 0 Å². The summed E-state index contributed by atoms with van der Waals surface area (Å²) in [5.74, 6) is 0.302. The minimum Gasteiger partial charge on any atom is -0.508 e.